The topological polar surface area (TPSA) is 78.4 Å². The van der Waals surface area contributed by atoms with Gasteiger partial charge in [-0.15, -0.1) is 0 Å². The van der Waals surface area contributed by atoms with E-state index < -0.39 is 4.92 Å². The third kappa shape index (κ3) is 3.80. The monoisotopic (exact) mass is 350 g/mol. The van der Waals surface area contributed by atoms with Gasteiger partial charge in [-0.25, -0.2) is 0 Å². The van der Waals surface area contributed by atoms with Crippen molar-refractivity contribution in [1.82, 2.24) is 0 Å². The summed E-state index contributed by atoms with van der Waals surface area (Å²) >= 11 is 3.25. The highest BCUT2D eigenvalue weighted by atomic mass is 79.9. The third-order valence-corrected chi connectivity index (χ3v) is 3.95. The standard InChI is InChI=1S/C15H15BrN2O3/c1-10(17)11-4-2-6-13(8-11)21-9-12-5-3-7-14(15(12)16)18(19)20/h2-8,10H,9,17H2,1H3. The van der Waals surface area contributed by atoms with Crippen LogP contribution in [0, 0.1) is 10.1 Å². The predicted molar refractivity (Wildman–Crippen MR) is 84.2 cm³/mol. The van der Waals surface area contributed by atoms with Crippen LogP contribution in [-0.2, 0) is 6.61 Å². The molecule has 2 N–H and O–H groups in total. The minimum Gasteiger partial charge on any atom is -0.489 e. The summed E-state index contributed by atoms with van der Waals surface area (Å²) in [6.07, 6.45) is 0. The third-order valence-electron chi connectivity index (χ3n) is 3.03. The Bertz CT molecular complexity index is 659. The maximum atomic E-state index is 10.9. The fraction of sp³-hybridized carbons (Fsp3) is 0.200. The van der Waals surface area contributed by atoms with Gasteiger partial charge in [0.2, 0.25) is 0 Å². The molecule has 0 amide bonds. The fourth-order valence-corrected chi connectivity index (χ4v) is 2.39. The van der Waals surface area contributed by atoms with Crippen molar-refractivity contribution in [3.05, 3.63) is 68.2 Å². The van der Waals surface area contributed by atoms with Gasteiger partial charge in [-0.05, 0) is 40.5 Å². The number of hydrogen-bond donors (Lipinski definition) is 1. The highest BCUT2D eigenvalue weighted by molar-refractivity contribution is 9.10. The summed E-state index contributed by atoms with van der Waals surface area (Å²) in [6.45, 7) is 2.14. The van der Waals surface area contributed by atoms with E-state index in [-0.39, 0.29) is 18.3 Å². The van der Waals surface area contributed by atoms with Crippen molar-refractivity contribution in [3.8, 4) is 5.75 Å². The number of nitro groups is 1. The summed E-state index contributed by atoms with van der Waals surface area (Å²) < 4.78 is 6.13. The molecular formula is C15H15BrN2O3. The number of nitrogens with zero attached hydrogens (tertiary/aromatic N) is 1. The molecule has 1 unspecified atom stereocenters. The Morgan fingerprint density at radius 3 is 2.71 bits per heavy atom. The molecule has 0 saturated heterocycles. The minimum atomic E-state index is -0.426. The Labute approximate surface area is 131 Å². The van der Waals surface area contributed by atoms with Crippen LogP contribution < -0.4 is 10.5 Å². The van der Waals surface area contributed by atoms with Gasteiger partial charge in [-0.2, -0.15) is 0 Å². The Morgan fingerprint density at radius 1 is 1.33 bits per heavy atom. The molecule has 0 fully saturated rings. The highest BCUT2D eigenvalue weighted by Crippen LogP contribution is 2.29. The zero-order valence-electron chi connectivity index (χ0n) is 11.5. The largest absolute Gasteiger partial charge is 0.489 e. The molecule has 0 spiro atoms. The smallest absolute Gasteiger partial charge is 0.283 e. The molecule has 0 aromatic heterocycles. The van der Waals surface area contributed by atoms with Crippen molar-refractivity contribution in [1.29, 1.82) is 0 Å². The van der Waals surface area contributed by atoms with Gasteiger partial charge in [0.15, 0.2) is 0 Å². The van der Waals surface area contributed by atoms with Crippen LogP contribution in [0.4, 0.5) is 5.69 Å². The number of nitrogens with two attached hydrogens (primary N) is 1. The number of benzene rings is 2. The first-order valence-electron chi connectivity index (χ1n) is 6.39. The maximum Gasteiger partial charge on any atom is 0.283 e. The second-order valence-electron chi connectivity index (χ2n) is 4.66. The second-order valence-corrected chi connectivity index (χ2v) is 5.45. The van der Waals surface area contributed by atoms with Crippen LogP contribution in [0.15, 0.2) is 46.9 Å². The Hall–Kier alpha value is -1.92. The van der Waals surface area contributed by atoms with Crippen LogP contribution >= 0.6 is 15.9 Å². The summed E-state index contributed by atoms with van der Waals surface area (Å²) in [4.78, 5) is 10.5. The molecule has 5 nitrogen and oxygen atoms in total. The first-order valence-corrected chi connectivity index (χ1v) is 7.18. The molecule has 6 heteroatoms. The molecule has 2 aromatic carbocycles. The van der Waals surface area contributed by atoms with Crippen molar-refractivity contribution in [2.75, 3.05) is 0 Å². The Kier molecular flexibility index (Phi) is 4.93. The second kappa shape index (κ2) is 6.69. The molecule has 0 aliphatic heterocycles. The molecule has 0 saturated carbocycles. The van der Waals surface area contributed by atoms with E-state index >= 15 is 0 Å². The lowest BCUT2D eigenvalue weighted by atomic mass is 10.1. The van der Waals surface area contributed by atoms with Gasteiger partial charge in [-0.3, -0.25) is 10.1 Å². The lowest BCUT2D eigenvalue weighted by Crippen LogP contribution is -2.05. The highest BCUT2D eigenvalue weighted by Gasteiger charge is 2.15. The number of nitro benzene ring substituents is 1. The molecule has 0 aliphatic rings. The summed E-state index contributed by atoms with van der Waals surface area (Å²) in [5.41, 5.74) is 7.55. The van der Waals surface area contributed by atoms with E-state index in [0.717, 1.165) is 11.1 Å². The normalized spacial score (nSPS) is 12.0. The Balaban J connectivity index is 2.15. The van der Waals surface area contributed by atoms with Gasteiger partial charge in [0.1, 0.15) is 16.8 Å². The van der Waals surface area contributed by atoms with Crippen molar-refractivity contribution < 1.29 is 9.66 Å². The van der Waals surface area contributed by atoms with Crippen LogP contribution in [0.2, 0.25) is 0 Å². The molecule has 2 rings (SSSR count). The van der Waals surface area contributed by atoms with Crippen LogP contribution in [-0.4, -0.2) is 4.92 Å². The molecule has 0 bridgehead atoms. The van der Waals surface area contributed by atoms with Gasteiger partial charge in [-0.1, -0.05) is 24.3 Å². The lowest BCUT2D eigenvalue weighted by Gasteiger charge is -2.11. The van der Waals surface area contributed by atoms with E-state index in [4.69, 9.17) is 10.5 Å². The summed E-state index contributed by atoms with van der Waals surface area (Å²) in [7, 11) is 0. The zero-order chi connectivity index (χ0) is 15.4. The average molecular weight is 351 g/mol. The number of ether oxygens (including phenoxy) is 1. The molecule has 2 aromatic rings. The molecular weight excluding hydrogens is 336 g/mol. The molecule has 110 valence electrons. The van der Waals surface area contributed by atoms with Gasteiger partial charge < -0.3 is 10.5 Å². The molecule has 0 radical (unpaired) electrons. The number of hydrogen-bond acceptors (Lipinski definition) is 4. The van der Waals surface area contributed by atoms with Crippen LogP contribution in [0.1, 0.15) is 24.1 Å². The quantitative estimate of drug-likeness (QED) is 0.653. The zero-order valence-corrected chi connectivity index (χ0v) is 13.0. The van der Waals surface area contributed by atoms with Gasteiger partial charge >= 0.3 is 0 Å². The van der Waals surface area contributed by atoms with Crippen LogP contribution in [0.3, 0.4) is 0 Å². The minimum absolute atomic E-state index is 0.0282. The molecule has 0 aliphatic carbocycles. The van der Waals surface area contributed by atoms with Gasteiger partial charge in [0.25, 0.3) is 5.69 Å². The summed E-state index contributed by atoms with van der Waals surface area (Å²) in [6, 6.07) is 12.3. The maximum absolute atomic E-state index is 10.9. The average Bonchev–Trinajstić information content (AvgIpc) is 2.46. The van der Waals surface area contributed by atoms with E-state index in [1.54, 1.807) is 12.1 Å². The first kappa shape index (κ1) is 15.5. The van der Waals surface area contributed by atoms with Crippen molar-refractivity contribution in [2.45, 2.75) is 19.6 Å². The van der Waals surface area contributed by atoms with E-state index in [9.17, 15) is 10.1 Å². The summed E-state index contributed by atoms with van der Waals surface area (Å²) in [5, 5.41) is 10.9. The van der Waals surface area contributed by atoms with E-state index in [0.29, 0.717) is 10.2 Å². The number of rotatable bonds is 5. The van der Waals surface area contributed by atoms with Gasteiger partial charge in [0, 0.05) is 17.7 Å². The van der Waals surface area contributed by atoms with Crippen LogP contribution in [0.5, 0.6) is 5.75 Å². The fourth-order valence-electron chi connectivity index (χ4n) is 1.87. The molecule has 21 heavy (non-hydrogen) atoms. The van der Waals surface area contributed by atoms with Crippen molar-refractivity contribution in [3.63, 3.8) is 0 Å². The molecule has 0 heterocycles. The molecule has 1 atom stereocenters. The predicted octanol–water partition coefficient (Wildman–Crippen LogP) is 3.96. The first-order chi connectivity index (χ1) is 9.99. The van der Waals surface area contributed by atoms with E-state index in [1.165, 1.54) is 6.07 Å². The lowest BCUT2D eigenvalue weighted by molar-refractivity contribution is -0.385. The van der Waals surface area contributed by atoms with E-state index in [2.05, 4.69) is 15.9 Å². The van der Waals surface area contributed by atoms with Gasteiger partial charge in [0.05, 0.1) is 4.92 Å². The van der Waals surface area contributed by atoms with Crippen molar-refractivity contribution >= 4 is 21.6 Å². The Morgan fingerprint density at radius 2 is 2.05 bits per heavy atom. The SMILES string of the molecule is CC(N)c1cccc(OCc2cccc([N+](=O)[O-])c2Br)c1. The van der Waals surface area contributed by atoms with E-state index in [1.807, 2.05) is 31.2 Å². The summed E-state index contributed by atoms with van der Waals surface area (Å²) in [5.74, 6) is 0.684. The van der Waals surface area contributed by atoms with Crippen LogP contribution in [0.25, 0.3) is 0 Å². The number of halogens is 1. The van der Waals surface area contributed by atoms with Crippen molar-refractivity contribution in [2.24, 2.45) is 5.73 Å².